The monoisotopic (exact) mass is 330 g/mol. The van der Waals surface area contributed by atoms with E-state index in [1.54, 1.807) is 19.0 Å². The molecule has 1 atom stereocenters. The van der Waals surface area contributed by atoms with Crippen LogP contribution < -0.4 is 9.80 Å². The molecule has 1 spiro atoms. The Morgan fingerprint density at radius 1 is 1.26 bits per heavy atom. The molecule has 2 aliphatic heterocycles. The molecule has 0 radical (unpaired) electrons. The summed E-state index contributed by atoms with van der Waals surface area (Å²) < 4.78 is 44.9. The summed E-state index contributed by atoms with van der Waals surface area (Å²) in [6, 6.07) is 0.985. The molecular weight excluding hydrogens is 309 g/mol. The van der Waals surface area contributed by atoms with Crippen LogP contribution in [0.5, 0.6) is 0 Å². The van der Waals surface area contributed by atoms with E-state index in [1.807, 2.05) is 4.90 Å². The molecule has 0 bridgehead atoms. The van der Waals surface area contributed by atoms with Gasteiger partial charge in [0, 0.05) is 45.3 Å². The molecule has 2 fully saturated rings. The van der Waals surface area contributed by atoms with Crippen LogP contribution in [0.2, 0.25) is 0 Å². The van der Waals surface area contributed by atoms with E-state index in [0.29, 0.717) is 19.7 Å². The van der Waals surface area contributed by atoms with Gasteiger partial charge in [0.15, 0.2) is 5.69 Å². The lowest BCUT2D eigenvalue weighted by molar-refractivity contribution is -0.141. The third-order valence-corrected chi connectivity index (χ3v) is 4.57. The lowest BCUT2D eigenvalue weighted by Crippen LogP contribution is -2.35. The molecule has 3 rings (SSSR count). The van der Waals surface area contributed by atoms with Gasteiger partial charge in [-0.05, 0) is 19.3 Å². The first-order valence-corrected chi connectivity index (χ1v) is 7.75. The predicted molar refractivity (Wildman–Crippen MR) is 80.7 cm³/mol. The molecule has 0 amide bonds. The van der Waals surface area contributed by atoms with Crippen LogP contribution in [0.1, 0.15) is 25.0 Å². The minimum absolute atomic E-state index is 0.0358. The SMILES string of the molecule is CN(C)c1cc(C(F)(F)F)nc(N2CCC3(CCCOC3)C2)n1. The smallest absolute Gasteiger partial charge is 0.381 e. The molecule has 1 aromatic heterocycles. The lowest BCUT2D eigenvalue weighted by atomic mass is 9.82. The summed E-state index contributed by atoms with van der Waals surface area (Å²) in [6.07, 6.45) is -1.53. The van der Waals surface area contributed by atoms with Crippen molar-refractivity contribution in [1.29, 1.82) is 0 Å². The highest BCUT2D eigenvalue weighted by molar-refractivity contribution is 5.46. The molecule has 5 nitrogen and oxygen atoms in total. The van der Waals surface area contributed by atoms with Gasteiger partial charge in [-0.25, -0.2) is 4.98 Å². The Hall–Kier alpha value is -1.57. The van der Waals surface area contributed by atoms with Crippen molar-refractivity contribution in [2.75, 3.05) is 50.2 Å². The predicted octanol–water partition coefficient (Wildman–Crippen LogP) is 2.57. The number of anilines is 2. The Kier molecular flexibility index (Phi) is 4.12. The van der Waals surface area contributed by atoms with Crippen LogP contribution in [-0.4, -0.2) is 50.4 Å². The van der Waals surface area contributed by atoms with E-state index in [4.69, 9.17) is 4.74 Å². The van der Waals surface area contributed by atoms with Crippen LogP contribution in [0, 0.1) is 5.41 Å². The summed E-state index contributed by atoms with van der Waals surface area (Å²) in [4.78, 5) is 11.5. The molecule has 1 unspecified atom stereocenters. The van der Waals surface area contributed by atoms with Crippen LogP contribution in [0.25, 0.3) is 0 Å². The summed E-state index contributed by atoms with van der Waals surface area (Å²) in [5.74, 6) is 0.425. The van der Waals surface area contributed by atoms with Crippen molar-refractivity contribution in [2.45, 2.75) is 25.4 Å². The number of halogens is 3. The highest BCUT2D eigenvalue weighted by atomic mass is 19.4. The summed E-state index contributed by atoms with van der Waals surface area (Å²) >= 11 is 0. The van der Waals surface area contributed by atoms with Gasteiger partial charge in [0.05, 0.1) is 6.61 Å². The third-order valence-electron chi connectivity index (χ3n) is 4.57. The Bertz CT molecular complexity index is 570. The third kappa shape index (κ3) is 3.36. The zero-order valence-corrected chi connectivity index (χ0v) is 13.4. The number of alkyl halides is 3. The quantitative estimate of drug-likeness (QED) is 0.834. The molecule has 1 aromatic rings. The number of hydrogen-bond donors (Lipinski definition) is 0. The molecule has 0 N–H and O–H groups in total. The minimum atomic E-state index is -4.48. The zero-order chi connectivity index (χ0) is 16.7. The fourth-order valence-electron chi connectivity index (χ4n) is 3.28. The summed E-state index contributed by atoms with van der Waals surface area (Å²) in [6.45, 7) is 2.76. The van der Waals surface area contributed by atoms with Crippen molar-refractivity contribution in [3.8, 4) is 0 Å². The van der Waals surface area contributed by atoms with Crippen LogP contribution in [0.3, 0.4) is 0 Å². The van der Waals surface area contributed by atoms with Crippen molar-refractivity contribution in [3.05, 3.63) is 11.8 Å². The van der Waals surface area contributed by atoms with Crippen LogP contribution in [0.4, 0.5) is 24.9 Å². The maximum absolute atomic E-state index is 13.1. The van der Waals surface area contributed by atoms with E-state index in [2.05, 4.69) is 9.97 Å². The first-order chi connectivity index (χ1) is 10.8. The number of aromatic nitrogens is 2. The second kappa shape index (κ2) is 5.81. The second-order valence-corrected chi connectivity index (χ2v) is 6.63. The van der Waals surface area contributed by atoms with Crippen molar-refractivity contribution in [1.82, 2.24) is 9.97 Å². The van der Waals surface area contributed by atoms with Crippen molar-refractivity contribution < 1.29 is 17.9 Å². The molecule has 2 saturated heterocycles. The molecule has 3 heterocycles. The van der Waals surface area contributed by atoms with Gasteiger partial charge in [-0.1, -0.05) is 0 Å². The first-order valence-electron chi connectivity index (χ1n) is 7.75. The standard InChI is InChI=1S/C15H21F3N4O/c1-21(2)12-8-11(15(16,17)18)19-13(20-12)22-6-5-14(9-22)4-3-7-23-10-14/h8H,3-7,9-10H2,1-2H3. The Morgan fingerprint density at radius 2 is 2.04 bits per heavy atom. The molecule has 8 heteroatoms. The number of nitrogens with zero attached hydrogens (tertiary/aromatic N) is 4. The molecule has 0 aliphatic carbocycles. The lowest BCUT2D eigenvalue weighted by Gasteiger charge is -2.33. The van der Waals surface area contributed by atoms with E-state index in [-0.39, 0.29) is 17.2 Å². The number of rotatable bonds is 2. The van der Waals surface area contributed by atoms with E-state index >= 15 is 0 Å². The van der Waals surface area contributed by atoms with E-state index in [1.165, 1.54) is 0 Å². The fraction of sp³-hybridized carbons (Fsp3) is 0.733. The van der Waals surface area contributed by atoms with Gasteiger partial charge in [-0.3, -0.25) is 0 Å². The van der Waals surface area contributed by atoms with E-state index in [0.717, 1.165) is 31.9 Å². The van der Waals surface area contributed by atoms with Crippen LogP contribution >= 0.6 is 0 Å². The fourth-order valence-corrected chi connectivity index (χ4v) is 3.28. The molecule has 0 saturated carbocycles. The Balaban J connectivity index is 1.89. The van der Waals surface area contributed by atoms with Crippen molar-refractivity contribution in [2.24, 2.45) is 5.41 Å². The summed E-state index contributed by atoms with van der Waals surface area (Å²) in [7, 11) is 3.35. The highest BCUT2D eigenvalue weighted by Gasteiger charge is 2.41. The topological polar surface area (TPSA) is 41.5 Å². The molecule has 128 valence electrons. The van der Waals surface area contributed by atoms with Crippen molar-refractivity contribution in [3.63, 3.8) is 0 Å². The van der Waals surface area contributed by atoms with Crippen molar-refractivity contribution >= 4 is 11.8 Å². The highest BCUT2D eigenvalue weighted by Crippen LogP contribution is 2.40. The molecule has 0 aromatic carbocycles. The maximum atomic E-state index is 13.1. The van der Waals surface area contributed by atoms with Crippen LogP contribution in [-0.2, 0) is 10.9 Å². The second-order valence-electron chi connectivity index (χ2n) is 6.63. The van der Waals surface area contributed by atoms with Gasteiger partial charge in [0.2, 0.25) is 5.95 Å². The normalized spacial score (nSPS) is 25.2. The van der Waals surface area contributed by atoms with E-state index < -0.39 is 11.9 Å². The van der Waals surface area contributed by atoms with Gasteiger partial charge in [0.25, 0.3) is 0 Å². The number of ether oxygens (including phenoxy) is 1. The number of hydrogen-bond acceptors (Lipinski definition) is 5. The molecule has 23 heavy (non-hydrogen) atoms. The van der Waals surface area contributed by atoms with Gasteiger partial charge in [-0.2, -0.15) is 18.2 Å². The van der Waals surface area contributed by atoms with Gasteiger partial charge in [0.1, 0.15) is 5.82 Å². The van der Waals surface area contributed by atoms with Gasteiger partial charge < -0.3 is 14.5 Å². The first kappa shape index (κ1) is 16.3. The maximum Gasteiger partial charge on any atom is 0.433 e. The Labute approximate surface area is 133 Å². The van der Waals surface area contributed by atoms with Gasteiger partial charge in [-0.15, -0.1) is 0 Å². The summed E-state index contributed by atoms with van der Waals surface area (Å²) in [5, 5.41) is 0. The molecule has 2 aliphatic rings. The minimum Gasteiger partial charge on any atom is -0.381 e. The molecular formula is C15H21F3N4O. The zero-order valence-electron chi connectivity index (χ0n) is 13.4. The van der Waals surface area contributed by atoms with E-state index in [9.17, 15) is 13.2 Å². The van der Waals surface area contributed by atoms with Gasteiger partial charge >= 0.3 is 6.18 Å². The Morgan fingerprint density at radius 3 is 2.65 bits per heavy atom. The van der Waals surface area contributed by atoms with Crippen LogP contribution in [0.15, 0.2) is 6.07 Å². The summed E-state index contributed by atoms with van der Waals surface area (Å²) in [5.41, 5.74) is -0.860. The average Bonchev–Trinajstić information content (AvgIpc) is 2.90. The average molecular weight is 330 g/mol. The largest absolute Gasteiger partial charge is 0.433 e.